The first-order valence-electron chi connectivity index (χ1n) is 27.5. The summed E-state index contributed by atoms with van der Waals surface area (Å²) in [4.78, 5) is 46.6. The van der Waals surface area contributed by atoms with Gasteiger partial charge in [0.15, 0.2) is 6.61 Å². The number of nitrogens with zero attached hydrogens (tertiary/aromatic N) is 1. The quantitative estimate of drug-likeness (QED) is 0.0230. The van der Waals surface area contributed by atoms with Crippen molar-refractivity contribution in [1.29, 1.82) is 0 Å². The number of aromatic hydroxyl groups is 1. The zero-order chi connectivity index (χ0) is 63.9. The predicted molar refractivity (Wildman–Crippen MR) is 346 cm³/mol. The largest absolute Gasteiger partial charge is 1.00 e. The van der Waals surface area contributed by atoms with Crippen molar-refractivity contribution in [3.8, 4) is 23.0 Å². The van der Waals surface area contributed by atoms with Gasteiger partial charge in [-0.2, -0.15) is 0 Å². The van der Waals surface area contributed by atoms with Crippen molar-refractivity contribution in [2.75, 3.05) is 83.9 Å². The van der Waals surface area contributed by atoms with Gasteiger partial charge in [-0.1, -0.05) is 57.5 Å². The monoisotopic (exact) mass is 1330 g/mol. The fourth-order valence-electron chi connectivity index (χ4n) is 8.38. The van der Waals surface area contributed by atoms with E-state index < -0.39 is 11.1 Å². The van der Waals surface area contributed by atoms with Crippen LogP contribution in [0.2, 0.25) is 0 Å². The summed E-state index contributed by atoms with van der Waals surface area (Å²) in [6, 6.07) is 24.7. The summed E-state index contributed by atoms with van der Waals surface area (Å²) in [6.07, 6.45) is 3.55. The molecule has 24 heteroatoms. The Labute approximate surface area is 556 Å². The minimum atomic E-state index is -0.508. The summed E-state index contributed by atoms with van der Waals surface area (Å²) >= 11 is 13.0. The number of hydrogen-bond donors (Lipinski definition) is 6. The molecule has 3 radical (unpaired) electrons. The molecule has 4 heterocycles. The Bertz CT molecular complexity index is 3240. The third-order valence-electron chi connectivity index (χ3n) is 12.1. The molecule has 10 rings (SSSR count). The second kappa shape index (κ2) is 37.8. The molecule has 4 aliphatic heterocycles. The van der Waals surface area contributed by atoms with Gasteiger partial charge in [0, 0.05) is 95.8 Å². The number of benzene rings is 6. The maximum atomic E-state index is 13.5. The molecule has 1 fully saturated rings. The Morgan fingerprint density at radius 2 is 1.11 bits per heavy atom. The predicted octanol–water partition coefficient (Wildman–Crippen LogP) is 12.2. The minimum Gasteiger partial charge on any atom is -1.00 e. The number of hydrogen-bond acceptors (Lipinski definition) is 12. The van der Waals surface area contributed by atoms with E-state index in [1.807, 2.05) is 60.6 Å². The van der Waals surface area contributed by atoms with E-state index in [0.29, 0.717) is 55.5 Å². The molecule has 6 aromatic rings. The van der Waals surface area contributed by atoms with Gasteiger partial charge in [-0.25, -0.2) is 17.6 Å². The van der Waals surface area contributed by atoms with Crippen LogP contribution in [0.4, 0.5) is 57.4 Å². The van der Waals surface area contributed by atoms with Crippen LogP contribution in [0.25, 0.3) is 0 Å². The molecule has 15 nitrogen and oxygen atoms in total. The molecule has 0 aromatic heterocycles. The van der Waals surface area contributed by atoms with Gasteiger partial charge in [0.1, 0.15) is 59.5 Å². The van der Waals surface area contributed by atoms with E-state index in [1.54, 1.807) is 12.1 Å². The third-order valence-corrected chi connectivity index (χ3v) is 13.1. The summed E-state index contributed by atoms with van der Waals surface area (Å²) < 4.78 is 72.6. The van der Waals surface area contributed by atoms with Crippen LogP contribution in [0.15, 0.2) is 102 Å². The van der Waals surface area contributed by atoms with Crippen LogP contribution in [0.5, 0.6) is 23.0 Å². The Kier molecular flexibility index (Phi) is 33.5. The molecule has 88 heavy (non-hydrogen) atoms. The van der Waals surface area contributed by atoms with Crippen molar-refractivity contribution in [2.45, 2.75) is 94.9 Å². The van der Waals surface area contributed by atoms with E-state index in [9.17, 15) is 36.7 Å². The van der Waals surface area contributed by atoms with Crippen LogP contribution >= 0.6 is 39.1 Å². The number of anilines is 7. The molecule has 1 saturated heterocycles. The summed E-state index contributed by atoms with van der Waals surface area (Å²) in [6.45, 7) is 24.9. The van der Waals surface area contributed by atoms with Gasteiger partial charge in [-0.3, -0.25) is 19.2 Å². The molecule has 0 bridgehead atoms. The molecule has 0 unspecified atom stereocenters. The number of rotatable bonds is 6. The van der Waals surface area contributed by atoms with Gasteiger partial charge in [0.2, 0.25) is 17.1 Å². The number of nitrogens with two attached hydrogens (primary N) is 1. The standard InChI is InChI=1S/C22H27FN2O2.C14H20BrNO.C8H6FNO2.C8H8FNO.C6H6FNO.C4H8O.C2H2Cl2O.Al.Li.H/c1-14-10-17(11-15(2)21(14)24-20(26)13-22(3,4)5)25-8-9-27-19-12-16(23)6-7-18(19)25;1-9-6-11(15)7-10(2)13(9)16-12(17)8-14(3,4)5;9-5-1-2-6-7(3-5)12-4-8(11)10-6;9-6-1-2-7-8(5-6)11-4-3-10-7;7-4-1-2-5(8)6(9)3-4;1-2-4-5-3-1;3-1-2(4)5;;;/h6-7,10-12H,8-9,13H2,1-5H3,(H,24,26);6-7H,8H2,1-5H3,(H,16,17);1-3H,4H2,(H,10,11);1-2,5,10H,3-4H2;1-3,9H,8H2;1-4H2;1H2;;;/q;;;;;;;;+1;-1. The van der Waals surface area contributed by atoms with Crippen LogP contribution < -0.4 is 65.0 Å². The van der Waals surface area contributed by atoms with Crippen LogP contribution in [0.1, 0.15) is 90.9 Å². The summed E-state index contributed by atoms with van der Waals surface area (Å²) in [5.41, 5.74) is 14.5. The summed E-state index contributed by atoms with van der Waals surface area (Å²) in [5.74, 6) is -0.297. The fraction of sp³-hybridized carbons (Fsp3) is 0.375. The first kappa shape index (κ1) is 78.0. The number of ether oxygens (including phenoxy) is 4. The van der Waals surface area contributed by atoms with E-state index in [2.05, 4.69) is 75.0 Å². The maximum Gasteiger partial charge on any atom is 1.00 e. The number of aryl methyl sites for hydroxylation is 4. The van der Waals surface area contributed by atoms with E-state index in [4.69, 9.17) is 53.0 Å². The normalized spacial score (nSPS) is 13.0. The molecule has 471 valence electrons. The van der Waals surface area contributed by atoms with Crippen molar-refractivity contribution >= 4 is 119 Å². The number of nitrogen functional groups attached to an aromatic ring is 1. The minimum absolute atomic E-state index is 0. The van der Waals surface area contributed by atoms with Crippen molar-refractivity contribution in [3.05, 3.63) is 147 Å². The topological polar surface area (TPSA) is 203 Å². The Morgan fingerprint density at radius 1 is 0.670 bits per heavy atom. The van der Waals surface area contributed by atoms with Crippen LogP contribution in [-0.4, -0.2) is 97.4 Å². The van der Waals surface area contributed by atoms with Gasteiger partial charge < -0.3 is 57.4 Å². The number of alkyl halides is 1. The van der Waals surface area contributed by atoms with Gasteiger partial charge in [0.05, 0.1) is 35.2 Å². The average molecular weight is 1340 g/mol. The number of nitrogens with one attached hydrogen (secondary N) is 4. The molecule has 3 amide bonds. The smallest absolute Gasteiger partial charge is 1.00 e. The van der Waals surface area contributed by atoms with Crippen LogP contribution in [-0.2, 0) is 23.9 Å². The van der Waals surface area contributed by atoms with Crippen LogP contribution in [0, 0.1) is 61.8 Å². The summed E-state index contributed by atoms with van der Waals surface area (Å²) in [7, 11) is 0. The molecule has 0 saturated carbocycles. The van der Waals surface area contributed by atoms with Gasteiger partial charge in [0.25, 0.3) is 5.91 Å². The molecule has 6 aromatic carbocycles. The molecule has 0 aliphatic carbocycles. The Morgan fingerprint density at radius 3 is 1.58 bits per heavy atom. The first-order valence-corrected chi connectivity index (χ1v) is 29.2. The third kappa shape index (κ3) is 28.1. The number of carbonyl (C=O) groups excluding carboxylic acids is 4. The van der Waals surface area contributed by atoms with Gasteiger partial charge in [-0.05, 0) is 158 Å². The zero-order valence-corrected chi connectivity index (χ0v) is 55.9. The van der Waals surface area contributed by atoms with Crippen molar-refractivity contribution in [3.63, 3.8) is 0 Å². The molecular weight excluding hydrogens is 1260 g/mol. The Hall–Kier alpha value is -6.13. The average Bonchev–Trinajstić information content (AvgIpc) is 1.01. The summed E-state index contributed by atoms with van der Waals surface area (Å²) in [5, 5.41) is 19.9. The first-order chi connectivity index (χ1) is 40.4. The molecular formula is C64H78AlBrCl2F4LiN6O9. The number of halogens is 7. The van der Waals surface area contributed by atoms with Gasteiger partial charge in [-0.15, -0.1) is 11.6 Å². The van der Waals surface area contributed by atoms with E-state index in [0.717, 1.165) is 81.0 Å². The molecule has 0 atom stereocenters. The molecule has 0 spiro atoms. The van der Waals surface area contributed by atoms with Gasteiger partial charge >= 0.3 is 18.9 Å². The van der Waals surface area contributed by atoms with E-state index in [1.165, 1.54) is 67.4 Å². The van der Waals surface area contributed by atoms with E-state index in [-0.39, 0.29) is 108 Å². The van der Waals surface area contributed by atoms with Crippen molar-refractivity contribution in [1.82, 2.24) is 0 Å². The SMILES string of the molecule is C1CCOC1.Cc1cc(Br)cc(C)c1NC(=O)CC(C)(C)C.Cc1cc(N2CCOc3cc(F)ccc32)cc(C)c1NC(=O)CC(C)(C)C.Fc1ccc2c(c1)OCCN2.Nc1ccc(F)cc1O.O=C(Cl)CCl.O=C1COc2cc(F)ccc2N1.[Al].[H-].[Li+]. The second-order valence-corrected chi connectivity index (χ2v) is 24.1. The molecule has 7 N–H and O–H groups in total. The van der Waals surface area contributed by atoms with E-state index >= 15 is 0 Å². The fourth-order valence-corrected chi connectivity index (χ4v) is 9.06. The number of phenolic OH excluding ortho intramolecular Hbond substituents is 1. The molecule has 4 aliphatic rings. The number of phenols is 1. The van der Waals surface area contributed by atoms with Crippen molar-refractivity contribution in [2.24, 2.45) is 10.8 Å². The van der Waals surface area contributed by atoms with Crippen molar-refractivity contribution < 1.29 is 81.1 Å². The number of carbonyl (C=O) groups is 4. The maximum absolute atomic E-state index is 13.5. The second-order valence-electron chi connectivity index (χ2n) is 22.5. The zero-order valence-electron chi connectivity index (χ0n) is 52.7. The number of amides is 3. The van der Waals surface area contributed by atoms with Crippen LogP contribution in [0.3, 0.4) is 0 Å². The number of fused-ring (bicyclic) bond motifs is 3. The Balaban J connectivity index is 0.000000555.